The number of hydrogen-bond donors (Lipinski definition) is 1. The Kier molecular flexibility index (Phi) is 6.30. The van der Waals surface area contributed by atoms with Gasteiger partial charge in [0.1, 0.15) is 0 Å². The first-order valence-corrected chi connectivity index (χ1v) is 7.07. The number of carbonyl (C=O) groups excluding carboxylic acids is 1. The molecule has 1 fully saturated rings. The summed E-state index contributed by atoms with van der Waals surface area (Å²) in [4.78, 5) is 12.3. The lowest BCUT2D eigenvalue weighted by Crippen LogP contribution is -2.33. The van der Waals surface area contributed by atoms with Crippen LogP contribution in [0.4, 0.5) is 0 Å². The fourth-order valence-electron chi connectivity index (χ4n) is 2.07. The zero-order valence-corrected chi connectivity index (χ0v) is 11.2. The number of carbonyl (C=O) groups is 1. The van der Waals surface area contributed by atoms with Gasteiger partial charge in [-0.25, -0.2) is 0 Å². The molecule has 1 amide bonds. The highest BCUT2D eigenvalue weighted by Gasteiger charge is 2.20. The molecule has 0 radical (unpaired) electrons. The van der Waals surface area contributed by atoms with E-state index in [0.717, 1.165) is 32.2 Å². The zero-order chi connectivity index (χ0) is 11.1. The summed E-state index contributed by atoms with van der Waals surface area (Å²) in [6, 6.07) is 0. The summed E-state index contributed by atoms with van der Waals surface area (Å²) in [6.45, 7) is 2.97. The maximum atomic E-state index is 11.7. The molecule has 0 aromatic carbocycles. The van der Waals surface area contributed by atoms with E-state index in [2.05, 4.69) is 28.2 Å². The van der Waals surface area contributed by atoms with Gasteiger partial charge in [-0.1, -0.05) is 42.1 Å². The van der Waals surface area contributed by atoms with E-state index in [9.17, 15) is 4.79 Å². The Morgan fingerprint density at radius 2 is 2.07 bits per heavy atom. The summed E-state index contributed by atoms with van der Waals surface area (Å²) < 4.78 is 0. The van der Waals surface area contributed by atoms with Crippen molar-refractivity contribution >= 4 is 21.8 Å². The Bertz CT molecular complexity index is 190. The van der Waals surface area contributed by atoms with Crippen molar-refractivity contribution in [1.29, 1.82) is 0 Å². The van der Waals surface area contributed by atoms with Crippen LogP contribution in [0.5, 0.6) is 0 Å². The maximum Gasteiger partial charge on any atom is 0.223 e. The lowest BCUT2D eigenvalue weighted by atomic mass is 9.89. The molecule has 0 spiro atoms. The molecule has 0 aromatic rings. The van der Waals surface area contributed by atoms with Gasteiger partial charge in [0, 0.05) is 17.3 Å². The van der Waals surface area contributed by atoms with Crippen LogP contribution < -0.4 is 5.32 Å². The molecule has 3 heteroatoms. The zero-order valence-electron chi connectivity index (χ0n) is 9.60. The molecule has 0 aromatic heterocycles. The summed E-state index contributed by atoms with van der Waals surface area (Å²) >= 11 is 3.57. The lowest BCUT2D eigenvalue weighted by molar-refractivity contribution is -0.125. The number of rotatable bonds is 5. The number of halogens is 1. The van der Waals surface area contributed by atoms with E-state index in [4.69, 9.17) is 0 Å². The van der Waals surface area contributed by atoms with Gasteiger partial charge in [0.2, 0.25) is 5.91 Å². The summed E-state index contributed by atoms with van der Waals surface area (Å²) in [7, 11) is 0. The van der Waals surface area contributed by atoms with E-state index in [0.29, 0.717) is 10.7 Å². The van der Waals surface area contributed by atoms with E-state index >= 15 is 0 Å². The maximum absolute atomic E-state index is 11.7. The van der Waals surface area contributed by atoms with Gasteiger partial charge < -0.3 is 5.32 Å². The minimum Gasteiger partial charge on any atom is -0.356 e. The van der Waals surface area contributed by atoms with Crippen LogP contribution in [0.1, 0.15) is 51.9 Å². The topological polar surface area (TPSA) is 29.1 Å². The minimum atomic E-state index is 0.283. The molecule has 15 heavy (non-hydrogen) atoms. The summed E-state index contributed by atoms with van der Waals surface area (Å²) in [5, 5.41) is 3.05. The molecular weight excluding hydrogens is 254 g/mol. The fraction of sp³-hybridized carbons (Fsp3) is 0.917. The Morgan fingerprint density at radius 1 is 1.40 bits per heavy atom. The van der Waals surface area contributed by atoms with Gasteiger partial charge in [0.25, 0.3) is 0 Å². The van der Waals surface area contributed by atoms with Crippen LogP contribution in [0.3, 0.4) is 0 Å². The average Bonchev–Trinajstić information content (AvgIpc) is 2.29. The molecule has 1 saturated carbocycles. The Morgan fingerprint density at radius 3 is 2.67 bits per heavy atom. The van der Waals surface area contributed by atoms with Crippen molar-refractivity contribution in [3.8, 4) is 0 Å². The highest BCUT2D eigenvalue weighted by atomic mass is 79.9. The predicted molar refractivity (Wildman–Crippen MR) is 67.2 cm³/mol. The normalized spacial score (nSPS) is 19.9. The van der Waals surface area contributed by atoms with Crippen LogP contribution in [-0.4, -0.2) is 17.3 Å². The van der Waals surface area contributed by atoms with Gasteiger partial charge in [0.05, 0.1) is 0 Å². The molecule has 1 N–H and O–H groups in total. The van der Waals surface area contributed by atoms with E-state index < -0.39 is 0 Å². The second-order valence-corrected chi connectivity index (χ2v) is 5.72. The molecule has 1 aliphatic rings. The second-order valence-electron chi connectivity index (χ2n) is 4.42. The van der Waals surface area contributed by atoms with Gasteiger partial charge in [-0.3, -0.25) is 4.79 Å². The Hall–Kier alpha value is -0.0500. The van der Waals surface area contributed by atoms with Gasteiger partial charge >= 0.3 is 0 Å². The first-order valence-electron chi connectivity index (χ1n) is 6.15. The van der Waals surface area contributed by atoms with E-state index in [1.54, 1.807) is 0 Å². The second kappa shape index (κ2) is 7.26. The standard InChI is InChI=1S/C12H22BrNO/c1-2-11(13)8-9-14-12(15)10-6-4-3-5-7-10/h10-11H,2-9H2,1H3,(H,14,15). The first-order chi connectivity index (χ1) is 7.24. The minimum absolute atomic E-state index is 0.283. The van der Waals surface area contributed by atoms with Crippen molar-refractivity contribution < 1.29 is 4.79 Å². The molecule has 88 valence electrons. The van der Waals surface area contributed by atoms with Crippen LogP contribution in [0.15, 0.2) is 0 Å². The van der Waals surface area contributed by atoms with Crippen molar-refractivity contribution in [2.24, 2.45) is 5.92 Å². The van der Waals surface area contributed by atoms with Crippen LogP contribution in [0.2, 0.25) is 0 Å². The molecule has 2 nitrogen and oxygen atoms in total. The van der Waals surface area contributed by atoms with Crippen LogP contribution >= 0.6 is 15.9 Å². The van der Waals surface area contributed by atoms with Crippen LogP contribution in [0.25, 0.3) is 0 Å². The highest BCUT2D eigenvalue weighted by Crippen LogP contribution is 2.23. The van der Waals surface area contributed by atoms with Gasteiger partial charge in [-0.15, -0.1) is 0 Å². The monoisotopic (exact) mass is 275 g/mol. The van der Waals surface area contributed by atoms with E-state index in [-0.39, 0.29) is 5.91 Å². The third-order valence-corrected chi connectivity index (χ3v) is 4.28. The molecule has 1 atom stereocenters. The van der Waals surface area contributed by atoms with Crippen LogP contribution in [0, 0.1) is 5.92 Å². The van der Waals surface area contributed by atoms with Crippen molar-refractivity contribution in [3.63, 3.8) is 0 Å². The molecule has 1 rings (SSSR count). The molecule has 0 saturated heterocycles. The Labute approximate surface area is 101 Å². The number of amides is 1. The number of alkyl halides is 1. The molecule has 0 aliphatic heterocycles. The molecule has 1 unspecified atom stereocenters. The quantitative estimate of drug-likeness (QED) is 0.767. The lowest BCUT2D eigenvalue weighted by Gasteiger charge is -2.21. The molecule has 1 aliphatic carbocycles. The molecule has 0 bridgehead atoms. The smallest absolute Gasteiger partial charge is 0.223 e. The van der Waals surface area contributed by atoms with Crippen molar-refractivity contribution in [2.75, 3.05) is 6.54 Å². The first kappa shape index (κ1) is 13.0. The van der Waals surface area contributed by atoms with E-state index in [1.165, 1.54) is 19.3 Å². The largest absolute Gasteiger partial charge is 0.356 e. The van der Waals surface area contributed by atoms with Crippen molar-refractivity contribution in [2.45, 2.75) is 56.7 Å². The third-order valence-electron chi connectivity index (χ3n) is 3.18. The van der Waals surface area contributed by atoms with Crippen molar-refractivity contribution in [3.05, 3.63) is 0 Å². The van der Waals surface area contributed by atoms with Gasteiger partial charge in [0.15, 0.2) is 0 Å². The fourth-order valence-corrected chi connectivity index (χ4v) is 2.29. The third kappa shape index (κ3) is 5.01. The average molecular weight is 276 g/mol. The summed E-state index contributed by atoms with van der Waals surface area (Å²) in [5.41, 5.74) is 0. The summed E-state index contributed by atoms with van der Waals surface area (Å²) in [5.74, 6) is 0.583. The predicted octanol–water partition coefficient (Wildman–Crippen LogP) is 3.25. The van der Waals surface area contributed by atoms with Gasteiger partial charge in [-0.2, -0.15) is 0 Å². The van der Waals surface area contributed by atoms with Crippen LogP contribution in [-0.2, 0) is 4.79 Å². The highest BCUT2D eigenvalue weighted by molar-refractivity contribution is 9.09. The van der Waals surface area contributed by atoms with Crippen molar-refractivity contribution in [1.82, 2.24) is 5.32 Å². The molecular formula is C12H22BrNO. The SMILES string of the molecule is CCC(Br)CCNC(=O)C1CCCCC1. The molecule has 0 heterocycles. The van der Waals surface area contributed by atoms with Gasteiger partial charge in [-0.05, 0) is 25.7 Å². The Balaban J connectivity index is 2.12. The van der Waals surface area contributed by atoms with E-state index in [1.807, 2.05) is 0 Å². The number of hydrogen-bond acceptors (Lipinski definition) is 1. The summed E-state index contributed by atoms with van der Waals surface area (Å²) in [6.07, 6.45) is 8.12. The number of nitrogens with one attached hydrogen (secondary N) is 1.